The van der Waals surface area contributed by atoms with Gasteiger partial charge in [-0.3, -0.25) is 9.36 Å². The molecule has 0 aliphatic rings. The minimum Gasteiger partial charge on any atom is -0.383 e. The average Bonchev–Trinajstić information content (AvgIpc) is 3.11. The predicted molar refractivity (Wildman–Crippen MR) is 129 cm³/mol. The van der Waals surface area contributed by atoms with Gasteiger partial charge in [0, 0.05) is 0 Å². The third-order valence-corrected chi connectivity index (χ3v) is 6.17. The van der Waals surface area contributed by atoms with Crippen molar-refractivity contribution in [3.8, 4) is 5.69 Å². The molecule has 31 heavy (non-hydrogen) atoms. The van der Waals surface area contributed by atoms with Crippen molar-refractivity contribution in [2.24, 2.45) is 0 Å². The Labute approximate surface area is 194 Å². The second-order valence-corrected chi connectivity index (χ2v) is 8.38. The van der Waals surface area contributed by atoms with E-state index in [1.807, 2.05) is 37.3 Å². The Bertz CT molecular complexity index is 1510. The van der Waals surface area contributed by atoms with Gasteiger partial charge in [0.05, 0.1) is 27.0 Å². The van der Waals surface area contributed by atoms with E-state index in [1.54, 1.807) is 27.4 Å². The zero-order chi connectivity index (χ0) is 21.7. The van der Waals surface area contributed by atoms with Gasteiger partial charge in [0.2, 0.25) is 0 Å². The lowest BCUT2D eigenvalue weighted by Crippen LogP contribution is -2.27. The molecule has 0 saturated carbocycles. The molecule has 0 unspecified atom stereocenters. The summed E-state index contributed by atoms with van der Waals surface area (Å²) < 4.78 is 3.96. The van der Waals surface area contributed by atoms with Gasteiger partial charge < -0.3 is 5.73 Å². The number of aromatic nitrogens is 6. The number of rotatable bonds is 3. The zero-order valence-electron chi connectivity index (χ0n) is 16.2. The van der Waals surface area contributed by atoms with E-state index in [1.165, 1.54) is 6.33 Å². The van der Waals surface area contributed by atoms with Gasteiger partial charge in [-0.15, -0.1) is 0 Å². The molecule has 0 amide bonds. The molecule has 2 aromatic carbocycles. The van der Waals surface area contributed by atoms with Gasteiger partial charge in [-0.2, -0.15) is 5.10 Å². The molecule has 0 aliphatic heterocycles. The summed E-state index contributed by atoms with van der Waals surface area (Å²) in [4.78, 5) is 26.9. The first-order valence-electron chi connectivity index (χ1n) is 9.38. The number of hydrogen-bond donors (Lipinski definition) is 1. The number of anilines is 1. The highest BCUT2D eigenvalue weighted by molar-refractivity contribution is 14.1. The molecule has 0 fully saturated rings. The van der Waals surface area contributed by atoms with Crippen LogP contribution in [-0.2, 0) is 0 Å². The Kier molecular flexibility index (Phi) is 4.86. The minimum atomic E-state index is -0.434. The first-order valence-corrected chi connectivity index (χ1v) is 10.8. The summed E-state index contributed by atoms with van der Waals surface area (Å²) in [6, 6.07) is 14.1. The van der Waals surface area contributed by atoms with Gasteiger partial charge in [-0.25, -0.2) is 19.6 Å². The quantitative estimate of drug-likeness (QED) is 0.345. The van der Waals surface area contributed by atoms with Crippen molar-refractivity contribution in [3.05, 3.63) is 79.8 Å². The average molecular weight is 544 g/mol. The largest absolute Gasteiger partial charge is 0.383 e. The van der Waals surface area contributed by atoms with E-state index in [9.17, 15) is 4.79 Å². The lowest BCUT2D eigenvalue weighted by molar-refractivity contribution is 0.532. The standard InChI is InChI=1S/C21H15ClIN7O/c1-11(30-20-16(17(23)28-30)18(24)25-10-26-20)19-27-14-9-5-8-13(22)15(14)21(31)29(19)12-6-3-2-4-7-12/h2-11H,1H3,(H2,24,25,26)/t11-/m0/s1. The van der Waals surface area contributed by atoms with E-state index in [2.05, 4.69) is 37.7 Å². The molecule has 0 aliphatic carbocycles. The van der Waals surface area contributed by atoms with Crippen LogP contribution in [0.1, 0.15) is 18.8 Å². The fourth-order valence-corrected chi connectivity index (χ4v) is 4.65. The molecule has 0 spiro atoms. The van der Waals surface area contributed by atoms with E-state index in [4.69, 9.17) is 22.3 Å². The minimum absolute atomic E-state index is 0.246. The Hall–Kier alpha value is -3.05. The van der Waals surface area contributed by atoms with E-state index in [-0.39, 0.29) is 5.56 Å². The molecule has 3 heterocycles. The second-order valence-electron chi connectivity index (χ2n) is 6.95. The highest BCUT2D eigenvalue weighted by Crippen LogP contribution is 2.29. The van der Waals surface area contributed by atoms with Crippen molar-refractivity contribution in [2.45, 2.75) is 13.0 Å². The van der Waals surface area contributed by atoms with Gasteiger partial charge in [-0.05, 0) is 53.8 Å². The molecule has 2 N–H and O–H groups in total. The molecule has 3 aromatic heterocycles. The summed E-state index contributed by atoms with van der Waals surface area (Å²) in [6.45, 7) is 1.92. The molecule has 0 radical (unpaired) electrons. The summed E-state index contributed by atoms with van der Waals surface area (Å²) in [6.07, 6.45) is 1.40. The Morgan fingerprint density at radius 2 is 1.84 bits per heavy atom. The highest BCUT2D eigenvalue weighted by atomic mass is 127. The van der Waals surface area contributed by atoms with Crippen LogP contribution in [0.5, 0.6) is 0 Å². The first kappa shape index (κ1) is 19.9. The number of hydrogen-bond acceptors (Lipinski definition) is 6. The predicted octanol–water partition coefficient (Wildman–Crippen LogP) is 3.97. The third-order valence-electron chi connectivity index (χ3n) is 5.10. The maximum absolute atomic E-state index is 13.6. The molecular weight excluding hydrogens is 529 g/mol. The summed E-state index contributed by atoms with van der Waals surface area (Å²) >= 11 is 8.47. The van der Waals surface area contributed by atoms with Crippen LogP contribution < -0.4 is 11.3 Å². The smallest absolute Gasteiger partial charge is 0.267 e. The van der Waals surface area contributed by atoms with Gasteiger partial charge in [-0.1, -0.05) is 35.9 Å². The van der Waals surface area contributed by atoms with E-state index in [0.717, 1.165) is 0 Å². The molecule has 5 aromatic rings. The molecular formula is C21H15ClIN7O. The molecule has 1 atom stereocenters. The fraction of sp³-hybridized carbons (Fsp3) is 0.0952. The topological polar surface area (TPSA) is 105 Å². The lowest BCUT2D eigenvalue weighted by atomic mass is 10.2. The number of nitrogens with zero attached hydrogens (tertiary/aromatic N) is 6. The summed E-state index contributed by atoms with van der Waals surface area (Å²) in [5.74, 6) is 0.857. The summed E-state index contributed by atoms with van der Waals surface area (Å²) in [5.41, 5.74) is 7.58. The van der Waals surface area contributed by atoms with Crippen molar-refractivity contribution >= 4 is 61.9 Å². The molecule has 0 saturated heterocycles. The molecule has 5 rings (SSSR count). The molecule has 0 bridgehead atoms. The van der Waals surface area contributed by atoms with Gasteiger partial charge in [0.25, 0.3) is 5.56 Å². The van der Waals surface area contributed by atoms with Crippen molar-refractivity contribution < 1.29 is 0 Å². The zero-order valence-corrected chi connectivity index (χ0v) is 19.1. The number of nitrogen functional groups attached to an aromatic ring is 1. The third kappa shape index (κ3) is 3.15. The maximum atomic E-state index is 13.6. The number of benzene rings is 2. The summed E-state index contributed by atoms with van der Waals surface area (Å²) in [5, 5.41) is 6.03. The molecule has 8 nitrogen and oxygen atoms in total. The lowest BCUT2D eigenvalue weighted by Gasteiger charge is -2.19. The van der Waals surface area contributed by atoms with E-state index in [0.29, 0.717) is 48.0 Å². The van der Waals surface area contributed by atoms with Crippen LogP contribution in [-0.4, -0.2) is 29.3 Å². The number of fused-ring (bicyclic) bond motifs is 2. The van der Waals surface area contributed by atoms with Crippen molar-refractivity contribution in [1.29, 1.82) is 0 Å². The van der Waals surface area contributed by atoms with Crippen molar-refractivity contribution in [1.82, 2.24) is 29.3 Å². The first-order chi connectivity index (χ1) is 15.0. The van der Waals surface area contributed by atoms with Crippen LogP contribution >= 0.6 is 34.2 Å². The fourth-order valence-electron chi connectivity index (χ4n) is 3.65. The van der Waals surface area contributed by atoms with Crippen molar-refractivity contribution in [3.63, 3.8) is 0 Å². The van der Waals surface area contributed by atoms with Crippen LogP contribution in [0.4, 0.5) is 5.82 Å². The van der Waals surface area contributed by atoms with Gasteiger partial charge in [0.1, 0.15) is 27.7 Å². The van der Waals surface area contributed by atoms with Crippen LogP contribution in [0.2, 0.25) is 5.02 Å². The molecule has 10 heteroatoms. The van der Waals surface area contributed by atoms with Crippen LogP contribution in [0.25, 0.3) is 27.6 Å². The number of nitrogens with two attached hydrogens (primary N) is 1. The van der Waals surface area contributed by atoms with E-state index >= 15 is 0 Å². The number of para-hydroxylation sites is 1. The van der Waals surface area contributed by atoms with Gasteiger partial charge in [0.15, 0.2) is 5.65 Å². The number of halogens is 2. The summed E-state index contributed by atoms with van der Waals surface area (Å²) in [7, 11) is 0. The maximum Gasteiger partial charge on any atom is 0.267 e. The van der Waals surface area contributed by atoms with E-state index < -0.39 is 6.04 Å². The van der Waals surface area contributed by atoms with Crippen LogP contribution in [0.15, 0.2) is 59.7 Å². The monoisotopic (exact) mass is 543 g/mol. The Balaban J connectivity index is 1.85. The van der Waals surface area contributed by atoms with Crippen molar-refractivity contribution in [2.75, 3.05) is 5.73 Å². The second kappa shape index (κ2) is 7.57. The Morgan fingerprint density at radius 1 is 1.06 bits per heavy atom. The SMILES string of the molecule is C[C@@H](c1nc2cccc(Cl)c2c(=O)n1-c1ccccc1)n1nc(I)c2c(N)ncnc21. The van der Waals surface area contributed by atoms with Gasteiger partial charge >= 0.3 is 0 Å². The normalized spacial score (nSPS) is 12.5. The Morgan fingerprint density at radius 3 is 2.61 bits per heavy atom. The highest BCUT2D eigenvalue weighted by Gasteiger charge is 2.24. The van der Waals surface area contributed by atoms with Crippen LogP contribution in [0.3, 0.4) is 0 Å². The molecule has 154 valence electrons. The van der Waals surface area contributed by atoms with Crippen LogP contribution in [0, 0.1) is 3.70 Å².